The predicted octanol–water partition coefficient (Wildman–Crippen LogP) is 4.88. The molecule has 0 fully saturated rings. The summed E-state index contributed by atoms with van der Waals surface area (Å²) in [4.78, 5) is 21.7. The second-order valence-electron chi connectivity index (χ2n) is 8.63. The molecule has 0 bridgehead atoms. The molecule has 0 aliphatic rings. The van der Waals surface area contributed by atoms with Crippen molar-refractivity contribution in [1.82, 2.24) is 39.7 Å². The van der Waals surface area contributed by atoms with Crippen molar-refractivity contribution < 1.29 is 0 Å². The van der Waals surface area contributed by atoms with E-state index in [1.165, 1.54) is 0 Å². The Hall–Kier alpha value is -4.53. The highest BCUT2D eigenvalue weighted by Crippen LogP contribution is 2.31. The summed E-state index contributed by atoms with van der Waals surface area (Å²) in [5.74, 6) is 0.679. The summed E-state index contributed by atoms with van der Waals surface area (Å²) in [5.41, 5.74) is 8.02. The summed E-state index contributed by atoms with van der Waals surface area (Å²) in [6.07, 6.45) is 9.29. The lowest BCUT2D eigenvalue weighted by Crippen LogP contribution is -2.09. The zero-order chi connectivity index (χ0) is 23.2. The van der Waals surface area contributed by atoms with Crippen molar-refractivity contribution in [2.75, 3.05) is 5.32 Å². The zero-order valence-corrected chi connectivity index (χ0v) is 19.0. The van der Waals surface area contributed by atoms with Crippen LogP contribution in [-0.4, -0.2) is 45.7 Å². The van der Waals surface area contributed by atoms with E-state index in [0.29, 0.717) is 17.5 Å². The van der Waals surface area contributed by atoms with Crippen LogP contribution in [0.4, 0.5) is 5.69 Å². The van der Waals surface area contributed by atoms with Crippen LogP contribution in [0.3, 0.4) is 0 Å². The number of aryl methyl sites for hydroxylation is 1. The first kappa shape index (κ1) is 20.1. The molecule has 34 heavy (non-hydrogen) atoms. The van der Waals surface area contributed by atoms with Crippen LogP contribution in [0.5, 0.6) is 0 Å². The van der Waals surface area contributed by atoms with Crippen molar-refractivity contribution in [3.05, 3.63) is 67.1 Å². The Kier molecular flexibility index (Phi) is 4.61. The highest BCUT2D eigenvalue weighted by Gasteiger charge is 2.16. The Morgan fingerprint density at radius 1 is 1.03 bits per heavy atom. The number of hydrogen-bond acceptors (Lipinski definition) is 6. The molecule has 0 spiro atoms. The Morgan fingerprint density at radius 3 is 2.74 bits per heavy atom. The van der Waals surface area contributed by atoms with Crippen molar-refractivity contribution >= 4 is 27.8 Å². The quantitative estimate of drug-likeness (QED) is 0.346. The second-order valence-corrected chi connectivity index (χ2v) is 8.63. The van der Waals surface area contributed by atoms with E-state index in [-0.39, 0.29) is 0 Å². The van der Waals surface area contributed by atoms with Gasteiger partial charge in [0, 0.05) is 42.0 Å². The molecule has 0 saturated carbocycles. The lowest BCUT2D eigenvalue weighted by Gasteiger charge is -2.10. The molecular weight excluding hydrogens is 426 g/mol. The fourth-order valence-electron chi connectivity index (χ4n) is 4.14. The maximum Gasteiger partial charge on any atom is 0.159 e. The number of benzene rings is 1. The molecule has 9 nitrogen and oxygen atoms in total. The van der Waals surface area contributed by atoms with Crippen LogP contribution in [0, 0.1) is 6.92 Å². The molecule has 5 heterocycles. The topological polar surface area (TPSA) is 113 Å². The van der Waals surface area contributed by atoms with E-state index < -0.39 is 0 Å². The number of aromatic amines is 2. The van der Waals surface area contributed by atoms with Crippen LogP contribution in [0.1, 0.15) is 19.5 Å². The normalized spacial score (nSPS) is 11.6. The van der Waals surface area contributed by atoms with E-state index >= 15 is 0 Å². The van der Waals surface area contributed by atoms with Gasteiger partial charge in [-0.3, -0.25) is 10.1 Å². The molecule has 0 saturated heterocycles. The standard InChI is InChI=1S/C25H23N9/c1-14(2)29-18-7-16(9-26-11-18)17-8-19-22(32-33-24(19)27-10-17)25-30-20-5-4-6-21(23(20)31-25)34-12-15(3)28-13-34/h4-14,29H,1-3H3,(H,30,31)(H,27,32,33). The number of nitrogens with one attached hydrogen (secondary N) is 3. The summed E-state index contributed by atoms with van der Waals surface area (Å²) in [6.45, 7) is 6.17. The molecule has 0 atom stereocenters. The number of pyridine rings is 2. The molecule has 0 radical (unpaired) electrons. The third-order valence-corrected chi connectivity index (χ3v) is 5.65. The fraction of sp³-hybridized carbons (Fsp3) is 0.160. The fourth-order valence-corrected chi connectivity index (χ4v) is 4.14. The number of imidazole rings is 2. The van der Waals surface area contributed by atoms with Gasteiger partial charge in [-0.1, -0.05) is 6.07 Å². The molecule has 168 valence electrons. The molecule has 0 unspecified atom stereocenters. The van der Waals surface area contributed by atoms with Crippen LogP contribution in [0.2, 0.25) is 0 Å². The van der Waals surface area contributed by atoms with E-state index in [1.807, 2.05) is 54.5 Å². The van der Waals surface area contributed by atoms with Gasteiger partial charge in [0.15, 0.2) is 11.5 Å². The van der Waals surface area contributed by atoms with Gasteiger partial charge in [0.25, 0.3) is 0 Å². The molecule has 6 aromatic rings. The number of nitrogens with zero attached hydrogens (tertiary/aromatic N) is 6. The van der Waals surface area contributed by atoms with E-state index in [4.69, 9.17) is 4.98 Å². The summed E-state index contributed by atoms with van der Waals surface area (Å²) in [7, 11) is 0. The minimum absolute atomic E-state index is 0.322. The largest absolute Gasteiger partial charge is 0.382 e. The van der Waals surface area contributed by atoms with Crippen molar-refractivity contribution in [2.45, 2.75) is 26.8 Å². The maximum absolute atomic E-state index is 4.90. The first-order chi connectivity index (χ1) is 16.5. The lowest BCUT2D eigenvalue weighted by molar-refractivity contribution is 0.898. The van der Waals surface area contributed by atoms with Crippen molar-refractivity contribution in [3.8, 4) is 28.3 Å². The first-order valence-electron chi connectivity index (χ1n) is 11.1. The minimum Gasteiger partial charge on any atom is -0.382 e. The van der Waals surface area contributed by atoms with E-state index in [2.05, 4.69) is 61.4 Å². The van der Waals surface area contributed by atoms with Gasteiger partial charge in [-0.05, 0) is 45.0 Å². The number of H-pyrrole nitrogens is 2. The Bertz CT molecular complexity index is 1640. The molecule has 0 aliphatic heterocycles. The van der Waals surface area contributed by atoms with Crippen LogP contribution < -0.4 is 5.32 Å². The van der Waals surface area contributed by atoms with Crippen molar-refractivity contribution in [2.24, 2.45) is 0 Å². The van der Waals surface area contributed by atoms with Crippen LogP contribution in [0.25, 0.3) is 50.4 Å². The summed E-state index contributed by atoms with van der Waals surface area (Å²) < 4.78 is 1.98. The maximum atomic E-state index is 4.90. The Labute approximate surface area is 195 Å². The van der Waals surface area contributed by atoms with E-state index in [1.54, 1.807) is 6.33 Å². The van der Waals surface area contributed by atoms with Crippen LogP contribution in [0.15, 0.2) is 61.4 Å². The smallest absolute Gasteiger partial charge is 0.159 e. The first-order valence-corrected chi connectivity index (χ1v) is 11.1. The van der Waals surface area contributed by atoms with Gasteiger partial charge in [-0.2, -0.15) is 5.10 Å². The highest BCUT2D eigenvalue weighted by atomic mass is 15.2. The van der Waals surface area contributed by atoms with E-state index in [0.717, 1.165) is 50.3 Å². The van der Waals surface area contributed by atoms with Gasteiger partial charge in [0.1, 0.15) is 11.2 Å². The summed E-state index contributed by atoms with van der Waals surface area (Å²) in [5, 5.41) is 11.8. The molecule has 1 aromatic carbocycles. The van der Waals surface area contributed by atoms with Crippen molar-refractivity contribution in [1.29, 1.82) is 0 Å². The van der Waals surface area contributed by atoms with Gasteiger partial charge >= 0.3 is 0 Å². The van der Waals surface area contributed by atoms with Gasteiger partial charge in [-0.25, -0.2) is 15.0 Å². The number of fused-ring (bicyclic) bond motifs is 2. The third kappa shape index (κ3) is 3.47. The molecular formula is C25H23N9. The molecule has 0 aliphatic carbocycles. The highest BCUT2D eigenvalue weighted by molar-refractivity contribution is 5.94. The number of hydrogen-bond donors (Lipinski definition) is 3. The molecule has 5 aromatic heterocycles. The third-order valence-electron chi connectivity index (χ3n) is 5.65. The predicted molar refractivity (Wildman–Crippen MR) is 133 cm³/mol. The minimum atomic E-state index is 0.322. The summed E-state index contributed by atoms with van der Waals surface area (Å²) >= 11 is 0. The zero-order valence-electron chi connectivity index (χ0n) is 19.0. The van der Waals surface area contributed by atoms with Gasteiger partial charge in [-0.15, -0.1) is 0 Å². The number of para-hydroxylation sites is 1. The van der Waals surface area contributed by atoms with E-state index in [9.17, 15) is 0 Å². The van der Waals surface area contributed by atoms with Crippen LogP contribution >= 0.6 is 0 Å². The molecule has 6 rings (SSSR count). The van der Waals surface area contributed by atoms with Gasteiger partial charge < -0.3 is 14.9 Å². The van der Waals surface area contributed by atoms with Crippen molar-refractivity contribution in [3.63, 3.8) is 0 Å². The molecule has 0 amide bonds. The molecule has 3 N–H and O–H groups in total. The average Bonchev–Trinajstić information content (AvgIpc) is 3.55. The average molecular weight is 450 g/mol. The van der Waals surface area contributed by atoms with Gasteiger partial charge in [0.05, 0.1) is 34.3 Å². The SMILES string of the molecule is Cc1cn(-c2cccc3[nH]c(-c4n[nH]c5ncc(-c6cncc(NC(C)C)c6)cc45)nc23)cn1. The Morgan fingerprint density at radius 2 is 1.91 bits per heavy atom. The number of rotatable bonds is 5. The lowest BCUT2D eigenvalue weighted by atomic mass is 10.1. The number of aromatic nitrogens is 8. The molecule has 9 heteroatoms. The van der Waals surface area contributed by atoms with Crippen LogP contribution in [-0.2, 0) is 0 Å². The van der Waals surface area contributed by atoms with Gasteiger partial charge in [0.2, 0.25) is 0 Å². The number of anilines is 1. The summed E-state index contributed by atoms with van der Waals surface area (Å²) in [6, 6.07) is 10.5. The monoisotopic (exact) mass is 449 g/mol. The second kappa shape index (κ2) is 7.80. The Balaban J connectivity index is 1.45.